The number of benzene rings is 1. The van der Waals surface area contributed by atoms with E-state index in [4.69, 9.17) is 16.5 Å². The summed E-state index contributed by atoms with van der Waals surface area (Å²) in [6, 6.07) is 10.7. The van der Waals surface area contributed by atoms with E-state index in [0.29, 0.717) is 5.82 Å². The molecular weight excluding hydrogens is 404 g/mol. The molecule has 31 heavy (non-hydrogen) atoms. The highest BCUT2D eigenvalue weighted by Crippen LogP contribution is 2.51. The minimum Gasteiger partial charge on any atom is -0.381 e. The molecule has 1 saturated heterocycles. The molecule has 2 aromatic heterocycles. The maximum atomic E-state index is 6.71. The number of aryl methyl sites for hydroxylation is 1. The van der Waals surface area contributed by atoms with E-state index in [1.807, 2.05) is 25.4 Å². The molecule has 6 nitrogen and oxygen atoms in total. The van der Waals surface area contributed by atoms with Crippen molar-refractivity contribution < 1.29 is 0 Å². The van der Waals surface area contributed by atoms with Crippen LogP contribution in [0.25, 0.3) is 0 Å². The second-order valence-corrected chi connectivity index (χ2v) is 9.77. The van der Waals surface area contributed by atoms with E-state index in [1.54, 1.807) is 11.8 Å². The summed E-state index contributed by atoms with van der Waals surface area (Å²) in [6.45, 7) is 5.92. The number of aromatic nitrogens is 3. The first-order valence-electron chi connectivity index (χ1n) is 10.8. The van der Waals surface area contributed by atoms with E-state index in [1.165, 1.54) is 11.1 Å². The molecule has 1 atom stereocenters. The number of nitrogen functional groups attached to an aromatic ring is 1. The van der Waals surface area contributed by atoms with Crippen molar-refractivity contribution in [3.8, 4) is 0 Å². The average Bonchev–Trinajstić information content (AvgIpc) is 3.05. The third kappa shape index (κ3) is 3.55. The van der Waals surface area contributed by atoms with Crippen molar-refractivity contribution in [3.05, 3.63) is 65.1 Å². The number of nitrogens with two attached hydrogens (primary N) is 2. The van der Waals surface area contributed by atoms with Crippen LogP contribution in [0.15, 0.2) is 52.6 Å². The van der Waals surface area contributed by atoms with Gasteiger partial charge in [0.05, 0.1) is 6.20 Å². The minimum atomic E-state index is 0.118. The molecule has 1 unspecified atom stereocenters. The van der Waals surface area contributed by atoms with Gasteiger partial charge in [0.15, 0.2) is 5.82 Å². The summed E-state index contributed by atoms with van der Waals surface area (Å²) in [5, 5.41) is 0.735. The van der Waals surface area contributed by atoms with Crippen LogP contribution in [0.4, 0.5) is 11.6 Å². The zero-order valence-corrected chi connectivity index (χ0v) is 18.8. The smallest absolute Gasteiger partial charge is 0.158 e. The molecule has 1 aromatic carbocycles. The standard InChI is InChI=1S/C24H28N6S/c1-15-16(2)27-10-7-19(15)31-23-22(26)29-20(14-28-23)30-11-8-24(9-12-30)13-17-5-3-4-6-18(17)21(24)25/h3-7,10,14,21H,8-9,11-13,25H2,1-2H3,(H2,26,29). The highest BCUT2D eigenvalue weighted by atomic mass is 32.2. The van der Waals surface area contributed by atoms with Crippen LogP contribution >= 0.6 is 11.8 Å². The molecule has 5 rings (SSSR count). The zero-order valence-electron chi connectivity index (χ0n) is 18.0. The van der Waals surface area contributed by atoms with Crippen LogP contribution in [0, 0.1) is 19.3 Å². The Bertz CT molecular complexity index is 1120. The van der Waals surface area contributed by atoms with Crippen molar-refractivity contribution >= 4 is 23.4 Å². The fourth-order valence-electron chi connectivity index (χ4n) is 4.93. The Hall–Kier alpha value is -2.64. The number of fused-ring (bicyclic) bond motifs is 1. The van der Waals surface area contributed by atoms with Crippen molar-refractivity contribution in [2.75, 3.05) is 23.7 Å². The van der Waals surface area contributed by atoms with Gasteiger partial charge in [-0.1, -0.05) is 36.0 Å². The van der Waals surface area contributed by atoms with Crippen LogP contribution in [0.1, 0.15) is 41.3 Å². The normalized spacial score (nSPS) is 19.6. The predicted octanol–water partition coefficient (Wildman–Crippen LogP) is 4.06. The fraction of sp³-hybridized carbons (Fsp3) is 0.375. The molecular formula is C24H28N6S. The van der Waals surface area contributed by atoms with Gasteiger partial charge >= 0.3 is 0 Å². The fourth-order valence-corrected chi connectivity index (χ4v) is 5.83. The van der Waals surface area contributed by atoms with Gasteiger partial charge in [-0.3, -0.25) is 4.98 Å². The first kappa shape index (κ1) is 20.3. The summed E-state index contributed by atoms with van der Waals surface area (Å²) in [6.07, 6.45) is 6.85. The van der Waals surface area contributed by atoms with Crippen LogP contribution < -0.4 is 16.4 Å². The van der Waals surface area contributed by atoms with E-state index in [2.05, 4.69) is 46.1 Å². The Morgan fingerprint density at radius 1 is 1.10 bits per heavy atom. The van der Waals surface area contributed by atoms with Crippen molar-refractivity contribution in [3.63, 3.8) is 0 Å². The van der Waals surface area contributed by atoms with Crippen molar-refractivity contribution in [1.82, 2.24) is 15.0 Å². The summed E-state index contributed by atoms with van der Waals surface area (Å²) in [5.74, 6) is 1.32. The number of anilines is 2. The minimum absolute atomic E-state index is 0.118. The van der Waals surface area contributed by atoms with Gasteiger partial charge in [-0.25, -0.2) is 9.97 Å². The van der Waals surface area contributed by atoms with E-state index in [-0.39, 0.29) is 11.5 Å². The Balaban J connectivity index is 1.29. The largest absolute Gasteiger partial charge is 0.381 e. The second kappa shape index (κ2) is 7.80. The lowest BCUT2D eigenvalue weighted by atomic mass is 9.73. The van der Waals surface area contributed by atoms with Crippen LogP contribution in [0.2, 0.25) is 0 Å². The molecule has 0 amide bonds. The number of piperidine rings is 1. The van der Waals surface area contributed by atoms with Crippen molar-refractivity contribution in [1.29, 1.82) is 0 Å². The summed E-state index contributed by atoms with van der Waals surface area (Å²) in [4.78, 5) is 17.1. The Labute approximate surface area is 187 Å². The molecule has 2 aliphatic rings. The van der Waals surface area contributed by atoms with Crippen LogP contribution in [0.5, 0.6) is 0 Å². The van der Waals surface area contributed by atoms with Crippen LogP contribution in [-0.2, 0) is 6.42 Å². The lowest BCUT2D eigenvalue weighted by Crippen LogP contribution is -2.44. The number of pyridine rings is 1. The summed E-state index contributed by atoms with van der Waals surface area (Å²) in [5.41, 5.74) is 18.1. The number of rotatable bonds is 3. The van der Waals surface area contributed by atoms with Crippen molar-refractivity contribution in [2.24, 2.45) is 11.1 Å². The van der Waals surface area contributed by atoms with E-state index >= 15 is 0 Å². The highest BCUT2D eigenvalue weighted by Gasteiger charge is 2.45. The maximum Gasteiger partial charge on any atom is 0.158 e. The van der Waals surface area contributed by atoms with Crippen molar-refractivity contribution in [2.45, 2.75) is 49.1 Å². The molecule has 1 aliphatic heterocycles. The number of hydrogen-bond donors (Lipinski definition) is 2. The Morgan fingerprint density at radius 3 is 2.61 bits per heavy atom. The quantitative estimate of drug-likeness (QED) is 0.644. The zero-order chi connectivity index (χ0) is 21.6. The van der Waals surface area contributed by atoms with E-state index in [9.17, 15) is 0 Å². The predicted molar refractivity (Wildman–Crippen MR) is 125 cm³/mol. The van der Waals surface area contributed by atoms with E-state index < -0.39 is 0 Å². The molecule has 7 heteroatoms. The van der Waals surface area contributed by atoms with E-state index in [0.717, 1.165) is 59.3 Å². The first-order valence-corrected chi connectivity index (χ1v) is 11.6. The molecule has 1 spiro atoms. The first-order chi connectivity index (χ1) is 15.0. The van der Waals surface area contributed by atoms with Gasteiger partial charge in [-0.05, 0) is 61.3 Å². The van der Waals surface area contributed by atoms with Gasteiger partial charge in [-0.15, -0.1) is 0 Å². The lowest BCUT2D eigenvalue weighted by Gasteiger charge is -2.42. The molecule has 4 N–H and O–H groups in total. The van der Waals surface area contributed by atoms with Gasteiger partial charge in [-0.2, -0.15) is 0 Å². The average molecular weight is 433 g/mol. The van der Waals surface area contributed by atoms with Gasteiger partial charge < -0.3 is 16.4 Å². The molecule has 3 heterocycles. The Morgan fingerprint density at radius 2 is 1.87 bits per heavy atom. The van der Waals surface area contributed by atoms with Gasteiger partial charge in [0.2, 0.25) is 0 Å². The molecule has 1 aliphatic carbocycles. The lowest BCUT2D eigenvalue weighted by molar-refractivity contribution is 0.187. The van der Waals surface area contributed by atoms with Crippen LogP contribution in [0.3, 0.4) is 0 Å². The second-order valence-electron chi connectivity index (χ2n) is 8.74. The molecule has 1 fully saturated rings. The Kier molecular flexibility index (Phi) is 5.10. The highest BCUT2D eigenvalue weighted by molar-refractivity contribution is 7.99. The molecule has 0 bridgehead atoms. The number of nitrogens with zero attached hydrogens (tertiary/aromatic N) is 4. The number of hydrogen-bond acceptors (Lipinski definition) is 7. The van der Waals surface area contributed by atoms with Gasteiger partial charge in [0.1, 0.15) is 10.8 Å². The SMILES string of the molecule is Cc1nccc(Sc2ncc(N3CCC4(CC3)Cc3ccccc3C4N)nc2N)c1C. The molecule has 3 aromatic rings. The third-order valence-corrected chi connectivity index (χ3v) is 8.21. The van der Waals surface area contributed by atoms with Gasteiger partial charge in [0, 0.05) is 35.9 Å². The molecule has 160 valence electrons. The summed E-state index contributed by atoms with van der Waals surface area (Å²) >= 11 is 1.55. The molecule has 0 radical (unpaired) electrons. The van der Waals surface area contributed by atoms with Crippen LogP contribution in [-0.4, -0.2) is 28.0 Å². The molecule has 0 saturated carbocycles. The monoisotopic (exact) mass is 432 g/mol. The summed E-state index contributed by atoms with van der Waals surface area (Å²) < 4.78 is 0. The topological polar surface area (TPSA) is 94.0 Å². The third-order valence-electron chi connectivity index (χ3n) is 7.04. The van der Waals surface area contributed by atoms with Gasteiger partial charge in [0.25, 0.3) is 0 Å². The summed E-state index contributed by atoms with van der Waals surface area (Å²) in [7, 11) is 0. The maximum absolute atomic E-state index is 6.71.